The number of unbranched alkanes of at least 4 members (excludes halogenated alkanes) is 1. The molecule has 1 aromatic carbocycles. The van der Waals surface area contributed by atoms with Crippen LogP contribution < -0.4 is 5.32 Å². The van der Waals surface area contributed by atoms with E-state index in [1.54, 1.807) is 25.4 Å². The second kappa shape index (κ2) is 9.10. The minimum atomic E-state index is -3.61. The van der Waals surface area contributed by atoms with Gasteiger partial charge in [0, 0.05) is 31.0 Å². The van der Waals surface area contributed by atoms with E-state index in [9.17, 15) is 13.2 Å². The molecule has 146 valence electrons. The average Bonchev–Trinajstić information content (AvgIpc) is 2.66. The zero-order valence-electron chi connectivity index (χ0n) is 16.3. The van der Waals surface area contributed by atoms with Gasteiger partial charge in [-0.3, -0.25) is 9.78 Å². The molecule has 1 atom stereocenters. The van der Waals surface area contributed by atoms with Gasteiger partial charge in [-0.15, -0.1) is 0 Å². The number of carbonyl (C=O) groups is 1. The summed E-state index contributed by atoms with van der Waals surface area (Å²) >= 11 is 0. The van der Waals surface area contributed by atoms with Crippen molar-refractivity contribution >= 4 is 15.9 Å². The first kappa shape index (κ1) is 21.1. The Labute approximate surface area is 161 Å². The fourth-order valence-electron chi connectivity index (χ4n) is 2.58. The van der Waals surface area contributed by atoms with Crippen LogP contribution in [0.4, 0.5) is 0 Å². The van der Waals surface area contributed by atoms with Crippen LogP contribution in [-0.2, 0) is 10.0 Å². The van der Waals surface area contributed by atoms with Crippen molar-refractivity contribution in [3.05, 3.63) is 59.4 Å². The molecular formula is C20H27N3O3S. The first-order valence-electron chi connectivity index (χ1n) is 9.05. The number of aromatic nitrogens is 1. The van der Waals surface area contributed by atoms with Crippen molar-refractivity contribution in [1.29, 1.82) is 0 Å². The lowest BCUT2D eigenvalue weighted by molar-refractivity contribution is 0.0939. The lowest BCUT2D eigenvalue weighted by atomic mass is 10.1. The van der Waals surface area contributed by atoms with Crippen LogP contribution in [-0.4, -0.2) is 37.2 Å². The molecular weight excluding hydrogens is 362 g/mol. The summed E-state index contributed by atoms with van der Waals surface area (Å²) in [5.74, 6) is -0.323. The Morgan fingerprint density at radius 1 is 1.26 bits per heavy atom. The van der Waals surface area contributed by atoms with Gasteiger partial charge >= 0.3 is 0 Å². The number of nitrogens with zero attached hydrogens (tertiary/aromatic N) is 2. The molecule has 0 aliphatic rings. The first-order valence-corrected chi connectivity index (χ1v) is 10.5. The van der Waals surface area contributed by atoms with Crippen LogP contribution in [0.5, 0.6) is 0 Å². The third-order valence-corrected chi connectivity index (χ3v) is 6.27. The Hall–Kier alpha value is -2.25. The molecule has 2 rings (SSSR count). The molecule has 0 unspecified atom stereocenters. The summed E-state index contributed by atoms with van der Waals surface area (Å²) in [5, 5.41) is 2.89. The van der Waals surface area contributed by atoms with Crippen LogP contribution in [0.2, 0.25) is 0 Å². The van der Waals surface area contributed by atoms with Gasteiger partial charge in [0.15, 0.2) is 0 Å². The predicted octanol–water partition coefficient (Wildman–Crippen LogP) is 3.30. The smallest absolute Gasteiger partial charge is 0.251 e. The molecule has 27 heavy (non-hydrogen) atoms. The number of sulfonamides is 1. The Kier molecular flexibility index (Phi) is 7.10. The van der Waals surface area contributed by atoms with Crippen molar-refractivity contribution in [2.45, 2.75) is 44.6 Å². The number of amides is 1. The number of nitrogens with one attached hydrogen (secondary N) is 1. The van der Waals surface area contributed by atoms with E-state index in [4.69, 9.17) is 0 Å². The molecule has 0 spiro atoms. The Balaban J connectivity index is 2.16. The first-order chi connectivity index (χ1) is 12.8. The molecule has 1 aromatic heterocycles. The van der Waals surface area contributed by atoms with Crippen molar-refractivity contribution in [2.24, 2.45) is 0 Å². The molecule has 0 fully saturated rings. The molecule has 0 aliphatic carbocycles. The summed E-state index contributed by atoms with van der Waals surface area (Å²) < 4.78 is 26.7. The van der Waals surface area contributed by atoms with Crippen LogP contribution in [0.15, 0.2) is 47.5 Å². The molecule has 6 nitrogen and oxygen atoms in total. The maximum atomic E-state index is 12.7. The largest absolute Gasteiger partial charge is 0.345 e. The highest BCUT2D eigenvalue weighted by molar-refractivity contribution is 7.89. The van der Waals surface area contributed by atoms with Gasteiger partial charge in [-0.1, -0.05) is 25.5 Å². The lowest BCUT2D eigenvalue weighted by Crippen LogP contribution is -2.29. The van der Waals surface area contributed by atoms with Gasteiger partial charge in [0.05, 0.1) is 10.9 Å². The summed E-state index contributed by atoms with van der Waals surface area (Å²) in [5.41, 5.74) is 2.10. The molecule has 0 saturated carbocycles. The molecule has 7 heteroatoms. The summed E-state index contributed by atoms with van der Waals surface area (Å²) in [6.45, 7) is 6.22. The van der Waals surface area contributed by atoms with Gasteiger partial charge in [0.2, 0.25) is 10.0 Å². The van der Waals surface area contributed by atoms with E-state index < -0.39 is 10.0 Å². The van der Waals surface area contributed by atoms with E-state index in [2.05, 4.69) is 10.3 Å². The van der Waals surface area contributed by atoms with Crippen molar-refractivity contribution in [3.8, 4) is 0 Å². The van der Waals surface area contributed by atoms with E-state index in [0.29, 0.717) is 12.1 Å². The zero-order valence-corrected chi connectivity index (χ0v) is 17.1. The van der Waals surface area contributed by atoms with Crippen molar-refractivity contribution < 1.29 is 13.2 Å². The normalized spacial score (nSPS) is 12.8. The molecule has 2 aromatic rings. The minimum Gasteiger partial charge on any atom is -0.345 e. The van der Waals surface area contributed by atoms with Crippen LogP contribution in [0.1, 0.15) is 54.3 Å². The number of rotatable bonds is 8. The maximum absolute atomic E-state index is 12.7. The number of hydrogen-bond acceptors (Lipinski definition) is 4. The zero-order chi connectivity index (χ0) is 20.0. The number of pyridine rings is 1. The highest BCUT2D eigenvalue weighted by atomic mass is 32.2. The molecule has 1 heterocycles. The highest BCUT2D eigenvalue weighted by Gasteiger charge is 2.22. The van der Waals surface area contributed by atoms with Gasteiger partial charge < -0.3 is 5.32 Å². The molecule has 0 aliphatic heterocycles. The summed E-state index contributed by atoms with van der Waals surface area (Å²) in [7, 11) is -2.05. The third-order valence-electron chi connectivity index (χ3n) is 4.41. The highest BCUT2D eigenvalue weighted by Crippen LogP contribution is 2.18. The van der Waals surface area contributed by atoms with Gasteiger partial charge in [-0.25, -0.2) is 12.7 Å². The summed E-state index contributed by atoms with van der Waals surface area (Å²) in [6, 6.07) is 9.70. The summed E-state index contributed by atoms with van der Waals surface area (Å²) in [4.78, 5) is 16.9. The topological polar surface area (TPSA) is 79.4 Å². The van der Waals surface area contributed by atoms with E-state index >= 15 is 0 Å². The van der Waals surface area contributed by atoms with Crippen molar-refractivity contribution in [1.82, 2.24) is 14.6 Å². The standard InChI is InChI=1S/C20H27N3O3S/c1-5-6-12-23(4)27(25,26)19-9-7-8-17(13-19)20(24)22-16(3)18-11-10-15(2)21-14-18/h7-11,13-14,16H,5-6,12H2,1-4H3,(H,22,24)/t16-/m1/s1. The second-order valence-electron chi connectivity index (χ2n) is 6.64. The van der Waals surface area contributed by atoms with Crippen LogP contribution >= 0.6 is 0 Å². The van der Waals surface area contributed by atoms with Crippen LogP contribution in [0, 0.1) is 6.92 Å². The Bertz CT molecular complexity index is 880. The number of benzene rings is 1. The number of hydrogen-bond donors (Lipinski definition) is 1. The van der Waals surface area contributed by atoms with E-state index in [1.807, 2.05) is 32.9 Å². The van der Waals surface area contributed by atoms with Crippen molar-refractivity contribution in [2.75, 3.05) is 13.6 Å². The monoisotopic (exact) mass is 389 g/mol. The minimum absolute atomic E-state index is 0.124. The molecule has 0 bridgehead atoms. The maximum Gasteiger partial charge on any atom is 0.251 e. The van der Waals surface area contributed by atoms with Crippen molar-refractivity contribution in [3.63, 3.8) is 0 Å². The fourth-order valence-corrected chi connectivity index (χ4v) is 3.83. The quantitative estimate of drug-likeness (QED) is 0.751. The second-order valence-corrected chi connectivity index (χ2v) is 8.68. The van der Waals surface area contributed by atoms with Crippen LogP contribution in [0.3, 0.4) is 0 Å². The van der Waals surface area contributed by atoms with E-state index in [1.165, 1.54) is 16.4 Å². The van der Waals surface area contributed by atoms with E-state index in [-0.39, 0.29) is 16.8 Å². The molecule has 0 saturated heterocycles. The van der Waals surface area contributed by atoms with Crippen LogP contribution in [0.25, 0.3) is 0 Å². The van der Waals surface area contributed by atoms with Gasteiger partial charge in [-0.05, 0) is 50.1 Å². The van der Waals surface area contributed by atoms with Gasteiger partial charge in [0.25, 0.3) is 5.91 Å². The molecule has 1 amide bonds. The van der Waals surface area contributed by atoms with Gasteiger partial charge in [-0.2, -0.15) is 0 Å². The fraction of sp³-hybridized carbons (Fsp3) is 0.400. The number of carbonyl (C=O) groups excluding carboxylic acids is 1. The van der Waals surface area contributed by atoms with Gasteiger partial charge in [0.1, 0.15) is 0 Å². The Morgan fingerprint density at radius 3 is 2.63 bits per heavy atom. The predicted molar refractivity (Wildman–Crippen MR) is 106 cm³/mol. The lowest BCUT2D eigenvalue weighted by Gasteiger charge is -2.18. The summed E-state index contributed by atoms with van der Waals surface area (Å²) in [6.07, 6.45) is 3.43. The van der Waals surface area contributed by atoms with E-state index in [0.717, 1.165) is 24.1 Å². The Morgan fingerprint density at radius 2 is 2.00 bits per heavy atom. The number of aryl methyl sites for hydroxylation is 1. The average molecular weight is 390 g/mol. The SMILES string of the molecule is CCCCN(C)S(=O)(=O)c1cccc(C(=O)N[C@H](C)c2ccc(C)nc2)c1. The third kappa shape index (κ3) is 5.37. The molecule has 0 radical (unpaired) electrons. The molecule has 1 N–H and O–H groups in total.